The monoisotopic (exact) mass is 284 g/mol. The Morgan fingerprint density at radius 3 is 1.60 bits per heavy atom. The second kappa shape index (κ2) is 8.59. The molecule has 10 heavy (non-hydrogen) atoms. The van der Waals surface area contributed by atoms with Crippen LogP contribution in [0.3, 0.4) is 0 Å². The van der Waals surface area contributed by atoms with E-state index in [2.05, 4.69) is 16.3 Å². The average Bonchev–Trinajstić information content (AvgIpc) is 1.94. The fourth-order valence-corrected chi connectivity index (χ4v) is 1.78. The highest BCUT2D eigenvalue weighted by atomic mass is 79.9. The van der Waals surface area contributed by atoms with E-state index in [0.29, 0.717) is 0 Å². The summed E-state index contributed by atoms with van der Waals surface area (Å²) in [6, 6.07) is 0. The van der Waals surface area contributed by atoms with Crippen molar-refractivity contribution in [2.24, 2.45) is 0 Å². The van der Waals surface area contributed by atoms with Crippen molar-refractivity contribution in [3.05, 3.63) is 0 Å². The molecule has 1 rings (SSSR count). The molecule has 1 fully saturated rings. The van der Waals surface area contributed by atoms with Crippen LogP contribution in [0.5, 0.6) is 0 Å². The van der Waals surface area contributed by atoms with Crippen LogP contribution in [0.4, 0.5) is 0 Å². The standard InChI is InChI=1S/C7H13.Al.2BrH/c1-2-4-6-7-5-3-1;;;/h1H,2-7H2;;2*1H. The summed E-state index contributed by atoms with van der Waals surface area (Å²) in [5.74, 6) is 0. The molecule has 0 aromatic heterocycles. The van der Waals surface area contributed by atoms with Crippen molar-refractivity contribution in [1.29, 1.82) is 0 Å². The zero-order valence-corrected chi connectivity index (χ0v) is 10.8. The molecule has 0 saturated heterocycles. The van der Waals surface area contributed by atoms with Crippen molar-refractivity contribution in [2.45, 2.75) is 43.3 Å². The summed E-state index contributed by atoms with van der Waals surface area (Å²) >= 11 is 2.94. The van der Waals surface area contributed by atoms with Gasteiger partial charge in [-0.05, 0) is 0 Å². The molecule has 1 aliphatic rings. The van der Waals surface area contributed by atoms with Crippen molar-refractivity contribution in [2.75, 3.05) is 0 Å². The molecule has 0 heterocycles. The molecule has 0 nitrogen and oxygen atoms in total. The average molecular weight is 286 g/mol. The molecule has 0 amide bonds. The molecule has 0 atom stereocenters. The summed E-state index contributed by atoms with van der Waals surface area (Å²) < 4.78 is 0.942. The second-order valence-corrected chi connectivity index (χ2v) is 3.69. The highest BCUT2D eigenvalue weighted by Gasteiger charge is 2.04. The van der Waals surface area contributed by atoms with Gasteiger partial charge >= 0.3 is 0 Å². The molecule has 1 saturated carbocycles. The van der Waals surface area contributed by atoms with Crippen molar-refractivity contribution in [1.82, 2.24) is 0 Å². The van der Waals surface area contributed by atoms with Crippen LogP contribution in [-0.4, -0.2) is 16.3 Å². The minimum atomic E-state index is 0. The minimum absolute atomic E-state index is 0. The number of halogens is 2. The first-order valence-electron chi connectivity index (χ1n) is 3.65. The van der Waals surface area contributed by atoms with Crippen LogP contribution in [-0.2, 0) is 0 Å². The normalized spacial score (nSPS) is 20.0. The van der Waals surface area contributed by atoms with Gasteiger partial charge in [-0.2, -0.15) is 0 Å². The van der Waals surface area contributed by atoms with Crippen LogP contribution in [0.15, 0.2) is 0 Å². The van der Waals surface area contributed by atoms with Gasteiger partial charge in [0.1, 0.15) is 16.3 Å². The van der Waals surface area contributed by atoms with Gasteiger partial charge in [0.15, 0.2) is 0 Å². The Hall–Kier alpha value is 1.49. The van der Waals surface area contributed by atoms with E-state index in [1.54, 1.807) is 0 Å². The zero-order valence-electron chi connectivity index (χ0n) is 6.21. The second-order valence-electron chi connectivity index (χ2n) is 2.75. The van der Waals surface area contributed by atoms with Gasteiger partial charge in [0.2, 0.25) is 0 Å². The lowest BCUT2D eigenvalue weighted by Gasteiger charge is -2.04. The molecular weight excluding hydrogens is 271 g/mol. The Bertz CT molecular complexity index is 60.6. The lowest BCUT2D eigenvalue weighted by atomic mass is 10.2. The van der Waals surface area contributed by atoms with E-state index >= 15 is 0 Å². The smallest absolute Gasteiger partial charge is 0.114 e. The highest BCUT2D eigenvalue weighted by Crippen LogP contribution is 2.23. The van der Waals surface area contributed by atoms with Gasteiger partial charge in [0, 0.05) is 0 Å². The molecule has 0 unspecified atom stereocenters. The molecule has 1 aliphatic carbocycles. The van der Waals surface area contributed by atoms with Crippen LogP contribution < -0.4 is 0 Å². The van der Waals surface area contributed by atoms with E-state index in [4.69, 9.17) is 0 Å². The van der Waals surface area contributed by atoms with Crippen molar-refractivity contribution in [3.8, 4) is 0 Å². The third-order valence-electron chi connectivity index (χ3n) is 1.90. The molecule has 0 aromatic carbocycles. The summed E-state index contributed by atoms with van der Waals surface area (Å²) in [4.78, 5) is 0. The van der Waals surface area contributed by atoms with Gasteiger partial charge in [-0.15, -0.1) is 38.7 Å². The Kier molecular flexibility index (Phi) is 12.1. The molecule has 0 aliphatic heterocycles. The van der Waals surface area contributed by atoms with E-state index in [9.17, 15) is 0 Å². The van der Waals surface area contributed by atoms with Crippen molar-refractivity contribution < 1.29 is 0 Å². The van der Waals surface area contributed by atoms with Gasteiger partial charge in [-0.3, -0.25) is 0 Å². The summed E-state index contributed by atoms with van der Waals surface area (Å²) in [5.41, 5.74) is 0. The third-order valence-corrected chi connectivity index (χ3v) is 2.57. The number of hydrogen-bond acceptors (Lipinski definition) is 0. The molecule has 3 heteroatoms. The first-order chi connectivity index (χ1) is 3.89. The topological polar surface area (TPSA) is 0 Å². The highest BCUT2D eigenvalue weighted by molar-refractivity contribution is 8.93. The summed E-state index contributed by atoms with van der Waals surface area (Å²) in [6.07, 6.45) is 8.79. The largest absolute Gasteiger partial charge is 0.123 e. The Morgan fingerprint density at radius 2 is 1.20 bits per heavy atom. The minimum Gasteiger partial charge on any atom is -0.114 e. The fraction of sp³-hybridized carbons (Fsp3) is 1.00. The molecule has 60 valence electrons. The van der Waals surface area contributed by atoms with Crippen molar-refractivity contribution in [3.63, 3.8) is 0 Å². The van der Waals surface area contributed by atoms with Crippen LogP contribution in [0.25, 0.3) is 0 Å². The SMILES string of the molecule is Br.Br.[Al][CH]1CCCCCC1. The van der Waals surface area contributed by atoms with Crippen molar-refractivity contribution >= 4 is 50.3 Å². The summed E-state index contributed by atoms with van der Waals surface area (Å²) in [7, 11) is 0. The molecule has 0 bridgehead atoms. The third kappa shape index (κ3) is 6.22. The van der Waals surface area contributed by atoms with E-state index in [-0.39, 0.29) is 34.0 Å². The van der Waals surface area contributed by atoms with Gasteiger partial charge < -0.3 is 0 Å². The molecule has 0 N–H and O–H groups in total. The van der Waals surface area contributed by atoms with E-state index in [1.807, 2.05) is 0 Å². The van der Waals surface area contributed by atoms with Gasteiger partial charge in [-0.1, -0.05) is 38.5 Å². The maximum absolute atomic E-state index is 2.94. The van der Waals surface area contributed by atoms with E-state index < -0.39 is 0 Å². The Labute approximate surface area is 93.1 Å². The fourth-order valence-electron chi connectivity index (χ4n) is 1.31. The summed E-state index contributed by atoms with van der Waals surface area (Å²) in [5, 5.41) is 0. The molecule has 0 spiro atoms. The first-order valence-corrected chi connectivity index (χ1v) is 4.32. The van der Waals surface area contributed by atoms with Crippen LogP contribution in [0.2, 0.25) is 4.78 Å². The van der Waals surface area contributed by atoms with Gasteiger partial charge in [0.25, 0.3) is 0 Å². The maximum Gasteiger partial charge on any atom is 0.123 e. The molecule has 2 radical (unpaired) electrons. The molecular formula is C7H15AlBr2. The lowest BCUT2D eigenvalue weighted by Crippen LogP contribution is -1.87. The first kappa shape index (κ1) is 14.0. The maximum atomic E-state index is 2.94. The van der Waals surface area contributed by atoms with Gasteiger partial charge in [0.05, 0.1) is 0 Å². The predicted octanol–water partition coefficient (Wildman–Crippen LogP) is 3.45. The number of hydrogen-bond donors (Lipinski definition) is 0. The predicted molar refractivity (Wildman–Crippen MR) is 57.9 cm³/mol. The summed E-state index contributed by atoms with van der Waals surface area (Å²) in [6.45, 7) is 0. The zero-order chi connectivity index (χ0) is 5.82. The quantitative estimate of drug-likeness (QED) is 0.472. The number of rotatable bonds is 0. The van der Waals surface area contributed by atoms with Crippen LogP contribution in [0, 0.1) is 0 Å². The molecule has 0 aromatic rings. The lowest BCUT2D eigenvalue weighted by molar-refractivity contribution is 0.700. The Morgan fingerprint density at radius 1 is 0.800 bits per heavy atom. The Balaban J connectivity index is 0. The van der Waals surface area contributed by atoms with Crippen LogP contribution >= 0.6 is 34.0 Å². The van der Waals surface area contributed by atoms with Gasteiger partial charge in [-0.25, -0.2) is 0 Å². The van der Waals surface area contributed by atoms with E-state index in [0.717, 1.165) is 4.78 Å². The van der Waals surface area contributed by atoms with E-state index in [1.165, 1.54) is 38.5 Å². The van der Waals surface area contributed by atoms with Crippen LogP contribution in [0.1, 0.15) is 38.5 Å².